The first-order valence-corrected chi connectivity index (χ1v) is 9.19. The number of benzene rings is 1. The second-order valence-electron chi connectivity index (χ2n) is 7.73. The zero-order valence-corrected chi connectivity index (χ0v) is 16.3. The van der Waals surface area contributed by atoms with Crippen LogP contribution >= 0.6 is 0 Å². The number of likely N-dealkylation sites (tertiary alicyclic amines) is 1. The van der Waals surface area contributed by atoms with Crippen LogP contribution in [0.1, 0.15) is 39.4 Å². The van der Waals surface area contributed by atoms with E-state index in [1.54, 1.807) is 4.90 Å². The lowest BCUT2D eigenvalue weighted by atomic mass is 10.1. The standard InChI is InChI=1S/C19H25FN4O4/c1-19(2,3)27-18(25)24-8-6-13(7-9-24)26-11-16-22-17(28-23-16)12-4-5-14(20)15(21)10-12/h4-5,10,13H,6-9,11,21H2,1-3H3. The Morgan fingerprint density at radius 3 is 2.71 bits per heavy atom. The predicted octanol–water partition coefficient (Wildman–Crippen LogP) is 3.37. The van der Waals surface area contributed by atoms with Crippen LogP contribution in [0, 0.1) is 5.82 Å². The van der Waals surface area contributed by atoms with E-state index in [9.17, 15) is 9.18 Å². The fourth-order valence-corrected chi connectivity index (χ4v) is 2.83. The van der Waals surface area contributed by atoms with Gasteiger partial charge in [-0.2, -0.15) is 4.98 Å². The van der Waals surface area contributed by atoms with Crippen molar-refractivity contribution in [2.45, 2.75) is 51.9 Å². The lowest BCUT2D eigenvalue weighted by molar-refractivity contribution is -0.0190. The summed E-state index contributed by atoms with van der Waals surface area (Å²) in [6.07, 6.45) is 1.12. The molecule has 2 heterocycles. The summed E-state index contributed by atoms with van der Waals surface area (Å²) in [5, 5.41) is 3.88. The number of anilines is 1. The van der Waals surface area contributed by atoms with Crippen molar-refractivity contribution in [3.8, 4) is 11.5 Å². The minimum Gasteiger partial charge on any atom is -0.444 e. The Kier molecular flexibility index (Phi) is 5.83. The second-order valence-corrected chi connectivity index (χ2v) is 7.73. The summed E-state index contributed by atoms with van der Waals surface area (Å²) in [5.41, 5.74) is 5.62. The van der Waals surface area contributed by atoms with E-state index in [4.69, 9.17) is 19.7 Å². The molecule has 2 N–H and O–H groups in total. The van der Waals surface area contributed by atoms with Gasteiger partial charge in [-0.15, -0.1) is 0 Å². The molecular formula is C19H25FN4O4. The van der Waals surface area contributed by atoms with E-state index in [0.717, 1.165) is 0 Å². The van der Waals surface area contributed by atoms with E-state index < -0.39 is 11.4 Å². The quantitative estimate of drug-likeness (QED) is 0.796. The third-order valence-electron chi connectivity index (χ3n) is 4.25. The molecule has 1 fully saturated rings. The maximum Gasteiger partial charge on any atom is 0.410 e. The van der Waals surface area contributed by atoms with Crippen LogP contribution in [0.25, 0.3) is 11.5 Å². The molecule has 0 unspecified atom stereocenters. The summed E-state index contributed by atoms with van der Waals surface area (Å²) in [6.45, 7) is 6.88. The number of carbonyl (C=O) groups excluding carboxylic acids is 1. The Hall–Kier alpha value is -2.68. The van der Waals surface area contributed by atoms with E-state index in [1.165, 1.54) is 18.2 Å². The van der Waals surface area contributed by atoms with Crippen molar-refractivity contribution in [2.75, 3.05) is 18.8 Å². The lowest BCUT2D eigenvalue weighted by Gasteiger charge is -2.33. The van der Waals surface area contributed by atoms with Gasteiger partial charge in [-0.1, -0.05) is 5.16 Å². The van der Waals surface area contributed by atoms with Gasteiger partial charge in [-0.25, -0.2) is 9.18 Å². The highest BCUT2D eigenvalue weighted by atomic mass is 19.1. The maximum absolute atomic E-state index is 13.3. The highest BCUT2D eigenvalue weighted by molar-refractivity contribution is 5.68. The Balaban J connectivity index is 1.48. The van der Waals surface area contributed by atoms with Crippen LogP contribution in [0.3, 0.4) is 0 Å². The van der Waals surface area contributed by atoms with E-state index >= 15 is 0 Å². The SMILES string of the molecule is CC(C)(C)OC(=O)N1CCC(OCc2noc(-c3ccc(F)c(N)c3)n2)CC1. The smallest absolute Gasteiger partial charge is 0.410 e. The molecule has 1 aliphatic heterocycles. The van der Waals surface area contributed by atoms with Gasteiger partial charge in [-0.05, 0) is 51.8 Å². The molecule has 152 valence electrons. The lowest BCUT2D eigenvalue weighted by Crippen LogP contribution is -2.43. The number of aromatic nitrogens is 2. The zero-order chi connectivity index (χ0) is 20.3. The van der Waals surface area contributed by atoms with E-state index in [-0.39, 0.29) is 30.4 Å². The summed E-state index contributed by atoms with van der Waals surface area (Å²) in [5.74, 6) is 0.155. The number of hydrogen-bond donors (Lipinski definition) is 1. The van der Waals surface area contributed by atoms with Crippen molar-refractivity contribution in [1.82, 2.24) is 15.0 Å². The Morgan fingerprint density at radius 2 is 2.07 bits per heavy atom. The zero-order valence-electron chi connectivity index (χ0n) is 16.3. The minimum absolute atomic E-state index is 0.00195. The van der Waals surface area contributed by atoms with Crippen LogP contribution in [-0.2, 0) is 16.1 Å². The van der Waals surface area contributed by atoms with E-state index in [0.29, 0.717) is 37.3 Å². The molecule has 9 heteroatoms. The summed E-state index contributed by atoms with van der Waals surface area (Å²) in [7, 11) is 0. The number of ether oxygens (including phenoxy) is 2. The number of carbonyl (C=O) groups is 1. The molecule has 0 aliphatic carbocycles. The third-order valence-corrected chi connectivity index (χ3v) is 4.25. The van der Waals surface area contributed by atoms with E-state index in [2.05, 4.69) is 10.1 Å². The van der Waals surface area contributed by atoms with Gasteiger partial charge in [0.1, 0.15) is 18.0 Å². The van der Waals surface area contributed by atoms with Gasteiger partial charge >= 0.3 is 6.09 Å². The number of rotatable bonds is 4. The fraction of sp³-hybridized carbons (Fsp3) is 0.526. The van der Waals surface area contributed by atoms with Crippen molar-refractivity contribution < 1.29 is 23.2 Å². The Morgan fingerprint density at radius 1 is 1.36 bits per heavy atom. The molecule has 2 aromatic rings. The molecular weight excluding hydrogens is 367 g/mol. The molecule has 3 rings (SSSR count). The molecule has 1 aliphatic rings. The van der Waals surface area contributed by atoms with Gasteiger partial charge in [0.2, 0.25) is 0 Å². The Labute approximate surface area is 162 Å². The molecule has 0 spiro atoms. The number of hydrogen-bond acceptors (Lipinski definition) is 7. The van der Waals surface area contributed by atoms with E-state index in [1.807, 2.05) is 20.8 Å². The molecule has 1 aromatic heterocycles. The number of halogens is 1. The summed E-state index contributed by atoms with van der Waals surface area (Å²) in [6, 6.07) is 4.22. The summed E-state index contributed by atoms with van der Waals surface area (Å²) in [4.78, 5) is 18.0. The van der Waals surface area contributed by atoms with Crippen molar-refractivity contribution >= 4 is 11.8 Å². The average Bonchev–Trinajstić information content (AvgIpc) is 3.10. The van der Waals surface area contributed by atoms with Crippen LogP contribution in [0.15, 0.2) is 22.7 Å². The second kappa shape index (κ2) is 8.14. The third kappa shape index (κ3) is 5.19. The molecule has 28 heavy (non-hydrogen) atoms. The maximum atomic E-state index is 13.3. The minimum atomic E-state index is -0.504. The van der Waals surface area contributed by atoms with Gasteiger partial charge in [0.25, 0.3) is 5.89 Å². The van der Waals surface area contributed by atoms with Crippen LogP contribution in [0.4, 0.5) is 14.9 Å². The molecule has 0 atom stereocenters. The van der Waals surface area contributed by atoms with Crippen LogP contribution in [-0.4, -0.2) is 45.9 Å². The number of nitrogens with zero attached hydrogens (tertiary/aromatic N) is 3. The molecule has 0 bridgehead atoms. The molecule has 8 nitrogen and oxygen atoms in total. The normalized spacial score (nSPS) is 15.6. The highest BCUT2D eigenvalue weighted by Gasteiger charge is 2.27. The van der Waals surface area contributed by atoms with Gasteiger partial charge < -0.3 is 24.6 Å². The molecule has 1 saturated heterocycles. The van der Waals surface area contributed by atoms with Crippen molar-refractivity contribution in [3.63, 3.8) is 0 Å². The first-order valence-electron chi connectivity index (χ1n) is 9.19. The number of nitrogen functional groups attached to an aromatic ring is 1. The number of piperidine rings is 1. The van der Waals surface area contributed by atoms with Crippen molar-refractivity contribution in [1.29, 1.82) is 0 Å². The fourth-order valence-electron chi connectivity index (χ4n) is 2.83. The molecule has 1 amide bonds. The number of amides is 1. The molecule has 0 saturated carbocycles. The van der Waals surface area contributed by atoms with Gasteiger partial charge in [0.15, 0.2) is 5.82 Å². The largest absolute Gasteiger partial charge is 0.444 e. The summed E-state index contributed by atoms with van der Waals surface area (Å²) >= 11 is 0. The van der Waals surface area contributed by atoms with Crippen LogP contribution < -0.4 is 5.73 Å². The van der Waals surface area contributed by atoms with Crippen molar-refractivity contribution in [3.05, 3.63) is 29.8 Å². The Bertz CT molecular complexity index is 826. The average molecular weight is 392 g/mol. The topological polar surface area (TPSA) is 104 Å². The number of nitrogens with two attached hydrogens (primary N) is 1. The van der Waals surface area contributed by atoms with Crippen molar-refractivity contribution in [2.24, 2.45) is 0 Å². The first kappa shape index (κ1) is 20.1. The summed E-state index contributed by atoms with van der Waals surface area (Å²) < 4.78 is 29.7. The van der Waals surface area contributed by atoms with Gasteiger partial charge in [0.05, 0.1) is 11.8 Å². The predicted molar refractivity (Wildman–Crippen MR) is 99.7 cm³/mol. The monoisotopic (exact) mass is 392 g/mol. The van der Waals surface area contributed by atoms with Gasteiger partial charge in [0, 0.05) is 18.7 Å². The molecule has 1 aromatic carbocycles. The van der Waals surface area contributed by atoms with Gasteiger partial charge in [-0.3, -0.25) is 0 Å². The molecule has 0 radical (unpaired) electrons. The first-order chi connectivity index (χ1) is 13.2. The van der Waals surface area contributed by atoms with Crippen LogP contribution in [0.2, 0.25) is 0 Å². The highest BCUT2D eigenvalue weighted by Crippen LogP contribution is 2.23. The van der Waals surface area contributed by atoms with Crippen LogP contribution in [0.5, 0.6) is 0 Å².